The van der Waals surface area contributed by atoms with Crippen LogP contribution in [-0.4, -0.2) is 12.5 Å². The van der Waals surface area contributed by atoms with E-state index in [9.17, 15) is 4.79 Å². The number of carbonyl (C=O) groups excluding carboxylic acids is 1. The van der Waals surface area contributed by atoms with E-state index < -0.39 is 0 Å². The van der Waals surface area contributed by atoms with Gasteiger partial charge in [0.25, 0.3) is 0 Å². The molecule has 2 nitrogen and oxygen atoms in total. The molecule has 1 amide bonds. The number of hydrogen-bond acceptors (Lipinski definition) is 1. The van der Waals surface area contributed by atoms with Crippen LogP contribution >= 0.6 is 0 Å². The van der Waals surface area contributed by atoms with Gasteiger partial charge in [-0.2, -0.15) is 0 Å². The molecular formula is C23H23NO. The van der Waals surface area contributed by atoms with Crippen LogP contribution < -0.4 is 5.32 Å². The van der Waals surface area contributed by atoms with Gasteiger partial charge in [0.1, 0.15) is 0 Å². The molecule has 1 aliphatic heterocycles. The smallest absolute Gasteiger partial charge is 0.219 e. The highest BCUT2D eigenvalue weighted by Crippen LogP contribution is 2.31. The lowest BCUT2D eigenvalue weighted by Gasteiger charge is -2.09. The first-order chi connectivity index (χ1) is 12.3. The summed E-state index contributed by atoms with van der Waals surface area (Å²) in [6, 6.07) is 29.6. The van der Waals surface area contributed by atoms with Crippen molar-refractivity contribution in [2.45, 2.75) is 19.3 Å². The van der Waals surface area contributed by atoms with Crippen molar-refractivity contribution in [1.82, 2.24) is 5.32 Å². The number of rotatable bonds is 2. The van der Waals surface area contributed by atoms with Crippen LogP contribution in [0.4, 0.5) is 0 Å². The molecule has 1 saturated heterocycles. The van der Waals surface area contributed by atoms with Gasteiger partial charge in [-0.15, -0.1) is 0 Å². The normalized spacial score (nSPS) is 13.4. The lowest BCUT2D eigenvalue weighted by atomic mass is 9.95. The Hall–Kier alpha value is -2.87. The van der Waals surface area contributed by atoms with Crippen LogP contribution in [0.15, 0.2) is 84.9 Å². The summed E-state index contributed by atoms with van der Waals surface area (Å²) in [7, 11) is 0. The summed E-state index contributed by atoms with van der Waals surface area (Å²) in [5.74, 6) is 0.214. The molecule has 126 valence electrons. The highest BCUT2D eigenvalue weighted by Gasteiger charge is 2.05. The van der Waals surface area contributed by atoms with Gasteiger partial charge in [0.2, 0.25) is 5.91 Å². The minimum Gasteiger partial charge on any atom is -0.356 e. The summed E-state index contributed by atoms with van der Waals surface area (Å²) in [6.45, 7) is 0.888. The molecule has 4 rings (SSSR count). The van der Waals surface area contributed by atoms with Gasteiger partial charge in [0.15, 0.2) is 0 Å². The van der Waals surface area contributed by atoms with Crippen LogP contribution in [0.3, 0.4) is 0 Å². The van der Waals surface area contributed by atoms with Gasteiger partial charge in [-0.1, -0.05) is 84.9 Å². The zero-order valence-corrected chi connectivity index (χ0v) is 14.3. The van der Waals surface area contributed by atoms with Gasteiger partial charge in [-0.25, -0.2) is 0 Å². The molecule has 0 aliphatic carbocycles. The van der Waals surface area contributed by atoms with Crippen LogP contribution in [0, 0.1) is 0 Å². The average molecular weight is 329 g/mol. The van der Waals surface area contributed by atoms with Gasteiger partial charge < -0.3 is 5.32 Å². The Morgan fingerprint density at radius 1 is 0.600 bits per heavy atom. The Balaban J connectivity index is 0.000000219. The fourth-order valence-corrected chi connectivity index (χ4v) is 2.95. The molecule has 0 unspecified atom stereocenters. The van der Waals surface area contributed by atoms with E-state index in [1.54, 1.807) is 0 Å². The van der Waals surface area contributed by atoms with Crippen molar-refractivity contribution in [3.05, 3.63) is 84.9 Å². The predicted octanol–water partition coefficient (Wildman–Crippen LogP) is 5.31. The standard InChI is InChI=1S/C18H14.C5H9NO/c1-3-9-15(10-4-1)17-13-7-8-14-18(17)16-11-5-2-6-12-16;7-5-3-1-2-4-6-5/h1-14H;1-4H2,(H,6,7). The van der Waals surface area contributed by atoms with Gasteiger partial charge in [-0.05, 0) is 35.1 Å². The SMILES string of the molecule is O=C1CCCCN1.c1ccc(-c2ccccc2-c2ccccc2)cc1. The van der Waals surface area contributed by atoms with Crippen molar-refractivity contribution in [3.8, 4) is 22.3 Å². The van der Waals surface area contributed by atoms with E-state index in [1.165, 1.54) is 22.3 Å². The first-order valence-corrected chi connectivity index (χ1v) is 8.81. The molecule has 1 aliphatic rings. The third-order valence-corrected chi connectivity index (χ3v) is 4.25. The van der Waals surface area contributed by atoms with Gasteiger partial charge in [0.05, 0.1) is 0 Å². The quantitative estimate of drug-likeness (QED) is 0.678. The number of nitrogens with one attached hydrogen (secondary N) is 1. The first-order valence-electron chi connectivity index (χ1n) is 8.81. The highest BCUT2D eigenvalue weighted by atomic mass is 16.1. The summed E-state index contributed by atoms with van der Waals surface area (Å²) in [5, 5.41) is 2.74. The number of benzene rings is 3. The van der Waals surface area contributed by atoms with Crippen molar-refractivity contribution in [3.63, 3.8) is 0 Å². The fourth-order valence-electron chi connectivity index (χ4n) is 2.95. The zero-order chi connectivity index (χ0) is 17.3. The molecule has 3 aromatic carbocycles. The van der Waals surface area contributed by atoms with E-state index >= 15 is 0 Å². The highest BCUT2D eigenvalue weighted by molar-refractivity contribution is 5.83. The summed E-state index contributed by atoms with van der Waals surface area (Å²) >= 11 is 0. The molecule has 0 radical (unpaired) electrons. The third kappa shape index (κ3) is 4.80. The summed E-state index contributed by atoms with van der Waals surface area (Å²) < 4.78 is 0. The van der Waals surface area contributed by atoms with Crippen molar-refractivity contribution in [2.24, 2.45) is 0 Å². The van der Waals surface area contributed by atoms with E-state index in [4.69, 9.17) is 0 Å². The van der Waals surface area contributed by atoms with Gasteiger partial charge in [-0.3, -0.25) is 4.79 Å². The van der Waals surface area contributed by atoms with Crippen molar-refractivity contribution in [2.75, 3.05) is 6.54 Å². The van der Waals surface area contributed by atoms with E-state index in [0.29, 0.717) is 0 Å². The second-order valence-corrected chi connectivity index (χ2v) is 6.08. The summed E-state index contributed by atoms with van der Waals surface area (Å²) in [4.78, 5) is 10.4. The Morgan fingerprint density at radius 3 is 1.44 bits per heavy atom. The average Bonchev–Trinajstić information content (AvgIpc) is 2.70. The Bertz CT molecular complexity index is 730. The maximum atomic E-state index is 10.4. The van der Waals surface area contributed by atoms with Crippen LogP contribution in [0.25, 0.3) is 22.3 Å². The predicted molar refractivity (Wildman–Crippen MR) is 104 cm³/mol. The molecule has 0 atom stereocenters. The van der Waals surface area contributed by atoms with E-state index in [0.717, 1.165) is 25.8 Å². The second kappa shape index (κ2) is 8.84. The van der Waals surface area contributed by atoms with Crippen molar-refractivity contribution < 1.29 is 4.79 Å². The van der Waals surface area contributed by atoms with Crippen LogP contribution in [0.2, 0.25) is 0 Å². The monoisotopic (exact) mass is 329 g/mol. The van der Waals surface area contributed by atoms with E-state index in [2.05, 4.69) is 90.2 Å². The zero-order valence-electron chi connectivity index (χ0n) is 14.3. The fraction of sp³-hybridized carbons (Fsp3) is 0.174. The van der Waals surface area contributed by atoms with Gasteiger partial charge in [0, 0.05) is 13.0 Å². The molecule has 1 N–H and O–H groups in total. The minimum absolute atomic E-state index is 0.214. The van der Waals surface area contributed by atoms with Crippen LogP contribution in [-0.2, 0) is 4.79 Å². The third-order valence-electron chi connectivity index (χ3n) is 4.25. The number of hydrogen-bond donors (Lipinski definition) is 1. The molecule has 0 bridgehead atoms. The number of piperidine rings is 1. The molecule has 2 heteroatoms. The minimum atomic E-state index is 0.214. The van der Waals surface area contributed by atoms with Crippen LogP contribution in [0.5, 0.6) is 0 Å². The molecule has 25 heavy (non-hydrogen) atoms. The number of amides is 1. The lowest BCUT2D eigenvalue weighted by Crippen LogP contribution is -2.28. The maximum Gasteiger partial charge on any atom is 0.219 e. The molecule has 1 heterocycles. The van der Waals surface area contributed by atoms with E-state index in [1.807, 2.05) is 0 Å². The Kier molecular flexibility index (Phi) is 6.00. The van der Waals surface area contributed by atoms with Crippen LogP contribution in [0.1, 0.15) is 19.3 Å². The van der Waals surface area contributed by atoms with Gasteiger partial charge >= 0.3 is 0 Å². The largest absolute Gasteiger partial charge is 0.356 e. The molecule has 0 aromatic heterocycles. The maximum absolute atomic E-state index is 10.4. The summed E-state index contributed by atoms with van der Waals surface area (Å²) in [6.07, 6.45) is 2.97. The molecular weight excluding hydrogens is 306 g/mol. The van der Waals surface area contributed by atoms with Crippen molar-refractivity contribution in [1.29, 1.82) is 0 Å². The lowest BCUT2D eigenvalue weighted by molar-refractivity contribution is -0.122. The topological polar surface area (TPSA) is 29.1 Å². The molecule has 1 fully saturated rings. The summed E-state index contributed by atoms with van der Waals surface area (Å²) in [5.41, 5.74) is 5.09. The van der Waals surface area contributed by atoms with E-state index in [-0.39, 0.29) is 5.91 Å². The molecule has 0 saturated carbocycles. The molecule has 0 spiro atoms. The Labute approximate surface area is 149 Å². The number of carbonyl (C=O) groups is 1. The first kappa shape index (κ1) is 17.0. The van der Waals surface area contributed by atoms with Crippen molar-refractivity contribution >= 4 is 5.91 Å². The molecule has 3 aromatic rings. The second-order valence-electron chi connectivity index (χ2n) is 6.08. The Morgan fingerprint density at radius 2 is 1.08 bits per heavy atom.